The van der Waals surface area contributed by atoms with E-state index in [0.29, 0.717) is 24.4 Å². The molecular formula is C13H16O2. The van der Waals surface area contributed by atoms with Crippen LogP contribution in [0.4, 0.5) is 0 Å². The summed E-state index contributed by atoms with van der Waals surface area (Å²) in [5, 5.41) is 0. The van der Waals surface area contributed by atoms with Crippen molar-refractivity contribution in [3.8, 4) is 0 Å². The zero-order valence-corrected chi connectivity index (χ0v) is 9.08. The highest BCUT2D eigenvalue weighted by Gasteiger charge is 2.21. The highest BCUT2D eigenvalue weighted by atomic mass is 16.5. The number of carbonyl (C=O) groups excluding carboxylic acids is 1. The molecule has 2 nitrogen and oxygen atoms in total. The van der Waals surface area contributed by atoms with E-state index in [1.165, 1.54) is 0 Å². The van der Waals surface area contributed by atoms with Gasteiger partial charge in [-0.25, -0.2) is 0 Å². The Morgan fingerprint density at radius 3 is 2.73 bits per heavy atom. The van der Waals surface area contributed by atoms with Gasteiger partial charge in [0.2, 0.25) is 0 Å². The summed E-state index contributed by atoms with van der Waals surface area (Å²) in [5.41, 5.74) is 1.61. The van der Waals surface area contributed by atoms with E-state index in [4.69, 9.17) is 4.74 Å². The van der Waals surface area contributed by atoms with E-state index in [1.54, 1.807) is 12.2 Å². The molecule has 0 atom stereocenters. The Hall–Kier alpha value is -1.57. The monoisotopic (exact) mass is 204 g/mol. The molecule has 0 unspecified atom stereocenters. The second-order valence-corrected chi connectivity index (χ2v) is 3.38. The van der Waals surface area contributed by atoms with E-state index in [1.807, 2.05) is 13.0 Å². The maximum absolute atomic E-state index is 11.5. The highest BCUT2D eigenvalue weighted by Crippen LogP contribution is 2.26. The molecule has 0 saturated heterocycles. The van der Waals surface area contributed by atoms with Crippen LogP contribution in [0.1, 0.15) is 19.8 Å². The lowest BCUT2D eigenvalue weighted by Crippen LogP contribution is -1.96. The molecule has 0 aliphatic heterocycles. The topological polar surface area (TPSA) is 26.3 Å². The quantitative estimate of drug-likeness (QED) is 0.400. The van der Waals surface area contributed by atoms with Crippen molar-refractivity contribution >= 4 is 5.78 Å². The molecule has 0 spiro atoms. The summed E-state index contributed by atoms with van der Waals surface area (Å²) in [6.07, 6.45) is 6.61. The lowest BCUT2D eigenvalue weighted by atomic mass is 10.1. The summed E-state index contributed by atoms with van der Waals surface area (Å²) in [6, 6.07) is 0. The molecule has 0 amide bonds. The number of rotatable bonds is 4. The Labute approximate surface area is 90.6 Å². The van der Waals surface area contributed by atoms with Crippen LogP contribution in [0.15, 0.2) is 48.3 Å². The first-order chi connectivity index (χ1) is 7.19. The van der Waals surface area contributed by atoms with E-state index in [9.17, 15) is 4.79 Å². The van der Waals surface area contributed by atoms with Gasteiger partial charge in [-0.15, -0.1) is 0 Å². The number of ether oxygens (including phenoxy) is 1. The molecule has 2 heteroatoms. The number of allylic oxidation sites excluding steroid dienone is 4. The van der Waals surface area contributed by atoms with Crippen LogP contribution >= 0.6 is 0 Å². The van der Waals surface area contributed by atoms with E-state index in [-0.39, 0.29) is 5.78 Å². The maximum atomic E-state index is 11.5. The maximum Gasteiger partial charge on any atom is 0.163 e. The number of carbonyl (C=O) groups is 1. The predicted molar refractivity (Wildman–Crippen MR) is 61.4 cm³/mol. The summed E-state index contributed by atoms with van der Waals surface area (Å²) >= 11 is 0. The van der Waals surface area contributed by atoms with Gasteiger partial charge < -0.3 is 4.74 Å². The molecule has 0 aromatic carbocycles. The van der Waals surface area contributed by atoms with Gasteiger partial charge in [0.1, 0.15) is 12.4 Å². The van der Waals surface area contributed by atoms with Crippen molar-refractivity contribution in [1.29, 1.82) is 0 Å². The van der Waals surface area contributed by atoms with Crippen LogP contribution in [0.2, 0.25) is 0 Å². The Balaban J connectivity index is 2.79. The molecule has 15 heavy (non-hydrogen) atoms. The summed E-state index contributed by atoms with van der Waals surface area (Å²) in [5.74, 6) is 0.850. The molecule has 1 aliphatic rings. The third kappa shape index (κ3) is 2.94. The smallest absolute Gasteiger partial charge is 0.163 e. The van der Waals surface area contributed by atoms with Crippen LogP contribution in [0.3, 0.4) is 0 Å². The van der Waals surface area contributed by atoms with E-state index in [0.717, 1.165) is 12.0 Å². The molecule has 1 rings (SSSR count). The first-order valence-electron chi connectivity index (χ1n) is 5.02. The van der Waals surface area contributed by atoms with E-state index >= 15 is 0 Å². The fourth-order valence-electron chi connectivity index (χ4n) is 1.42. The fraction of sp³-hybridized carbons (Fsp3) is 0.308. The Morgan fingerprint density at radius 2 is 2.27 bits per heavy atom. The van der Waals surface area contributed by atoms with Gasteiger partial charge >= 0.3 is 0 Å². The third-order valence-electron chi connectivity index (χ3n) is 2.27. The molecular weight excluding hydrogens is 188 g/mol. The molecule has 0 radical (unpaired) electrons. The molecule has 1 aliphatic carbocycles. The minimum Gasteiger partial charge on any atom is -0.490 e. The molecule has 0 bridgehead atoms. The highest BCUT2D eigenvalue weighted by molar-refractivity contribution is 6.02. The van der Waals surface area contributed by atoms with E-state index < -0.39 is 0 Å². The normalized spacial score (nSPS) is 19.8. The van der Waals surface area contributed by atoms with Gasteiger partial charge in [0, 0.05) is 12.0 Å². The average molecular weight is 204 g/mol. The van der Waals surface area contributed by atoms with Gasteiger partial charge in [0.15, 0.2) is 5.78 Å². The summed E-state index contributed by atoms with van der Waals surface area (Å²) in [6.45, 7) is 9.75. The molecule has 80 valence electrons. The first-order valence-corrected chi connectivity index (χ1v) is 5.02. The van der Waals surface area contributed by atoms with Crippen molar-refractivity contribution in [3.63, 3.8) is 0 Å². The lowest BCUT2D eigenvalue weighted by Gasteiger charge is -2.04. The third-order valence-corrected chi connectivity index (χ3v) is 2.27. The van der Waals surface area contributed by atoms with Gasteiger partial charge in [-0.3, -0.25) is 4.79 Å². The van der Waals surface area contributed by atoms with Gasteiger partial charge in [0.25, 0.3) is 0 Å². The Morgan fingerprint density at radius 1 is 1.53 bits per heavy atom. The number of Topliss-reactive ketones (excluding diaryl/α,β-unsaturated/α-hetero) is 1. The van der Waals surface area contributed by atoms with Crippen LogP contribution in [0.5, 0.6) is 0 Å². The van der Waals surface area contributed by atoms with E-state index in [2.05, 4.69) is 13.2 Å². The van der Waals surface area contributed by atoms with Crippen molar-refractivity contribution < 1.29 is 9.53 Å². The SMILES string of the molecule is C=CCOC(=CC)C=C1C(=C)CCC1=O. The van der Waals surface area contributed by atoms with Crippen molar-refractivity contribution in [2.45, 2.75) is 19.8 Å². The van der Waals surface area contributed by atoms with Crippen molar-refractivity contribution in [2.24, 2.45) is 0 Å². The molecule has 1 saturated carbocycles. The largest absolute Gasteiger partial charge is 0.490 e. The van der Waals surface area contributed by atoms with Crippen LogP contribution in [0.25, 0.3) is 0 Å². The average Bonchev–Trinajstić information content (AvgIpc) is 2.55. The van der Waals surface area contributed by atoms with Crippen molar-refractivity contribution in [3.05, 3.63) is 48.3 Å². The van der Waals surface area contributed by atoms with Gasteiger partial charge in [-0.2, -0.15) is 0 Å². The van der Waals surface area contributed by atoms with Crippen molar-refractivity contribution in [2.75, 3.05) is 6.61 Å². The summed E-state index contributed by atoms with van der Waals surface area (Å²) in [7, 11) is 0. The molecule has 0 aromatic rings. The van der Waals surface area contributed by atoms with Gasteiger partial charge in [-0.05, 0) is 31.1 Å². The Kier molecular flexibility index (Phi) is 4.10. The molecule has 0 heterocycles. The van der Waals surface area contributed by atoms with Crippen LogP contribution in [-0.4, -0.2) is 12.4 Å². The zero-order chi connectivity index (χ0) is 11.3. The second kappa shape index (κ2) is 5.35. The number of hydrogen-bond donors (Lipinski definition) is 0. The predicted octanol–water partition coefficient (Wildman–Crippen LogP) is 2.94. The van der Waals surface area contributed by atoms with Gasteiger partial charge in [0.05, 0.1) is 0 Å². The number of ketones is 1. The van der Waals surface area contributed by atoms with Crippen LogP contribution < -0.4 is 0 Å². The summed E-state index contributed by atoms with van der Waals surface area (Å²) in [4.78, 5) is 11.5. The summed E-state index contributed by atoms with van der Waals surface area (Å²) < 4.78 is 5.37. The minimum atomic E-state index is 0.154. The van der Waals surface area contributed by atoms with Gasteiger partial charge in [-0.1, -0.05) is 19.2 Å². The molecule has 0 aromatic heterocycles. The Bertz CT molecular complexity index is 328. The number of hydrogen-bond acceptors (Lipinski definition) is 2. The second-order valence-electron chi connectivity index (χ2n) is 3.38. The lowest BCUT2D eigenvalue weighted by molar-refractivity contribution is -0.114. The fourth-order valence-corrected chi connectivity index (χ4v) is 1.42. The standard InChI is InChI=1S/C13H16O2/c1-4-8-15-11(5-2)9-12-10(3)6-7-13(12)14/h4-5,9H,1,3,6-8H2,2H3. The van der Waals surface area contributed by atoms with Crippen LogP contribution in [-0.2, 0) is 9.53 Å². The first kappa shape index (κ1) is 11.5. The zero-order valence-electron chi connectivity index (χ0n) is 9.08. The minimum absolute atomic E-state index is 0.154. The molecule has 1 fully saturated rings. The van der Waals surface area contributed by atoms with Crippen LogP contribution in [0, 0.1) is 0 Å². The van der Waals surface area contributed by atoms with Crippen molar-refractivity contribution in [1.82, 2.24) is 0 Å². The molecule has 0 N–H and O–H groups in total.